The lowest BCUT2D eigenvalue weighted by atomic mass is 9.53. The van der Waals surface area contributed by atoms with Gasteiger partial charge in [-0.25, -0.2) is 0 Å². The maximum Gasteiger partial charge on any atom is 0.523 e. The Balaban J connectivity index is 2.06. The van der Waals surface area contributed by atoms with Crippen molar-refractivity contribution in [3.05, 3.63) is 17.4 Å². The van der Waals surface area contributed by atoms with Gasteiger partial charge in [0.05, 0.1) is 5.46 Å². The molecule has 1 heterocycles. The van der Waals surface area contributed by atoms with E-state index < -0.39 is 42.0 Å². The van der Waals surface area contributed by atoms with Crippen LogP contribution in [-0.2, 0) is 10.2 Å². The van der Waals surface area contributed by atoms with Crippen LogP contribution in [0.15, 0.2) is 10.5 Å². The molecule has 0 saturated heterocycles. The van der Waals surface area contributed by atoms with Crippen molar-refractivity contribution in [3.63, 3.8) is 0 Å². The van der Waals surface area contributed by atoms with Crippen LogP contribution in [0.4, 0.5) is 13.2 Å². The molecule has 2 aliphatic carbocycles. The van der Waals surface area contributed by atoms with E-state index in [1.54, 1.807) is 0 Å². The minimum Gasteiger partial charge on any atom is -0.504 e. The molecule has 31 heavy (non-hydrogen) atoms. The fraction of sp³-hybridized carbons (Fsp3) is 0.619. The highest BCUT2D eigenvalue weighted by Crippen LogP contribution is 2.60. The van der Waals surface area contributed by atoms with Crippen LogP contribution in [0.2, 0.25) is 0 Å². The molecule has 1 aromatic carbocycles. The first-order valence-corrected chi connectivity index (χ1v) is 10.4. The number of fused-ring (bicyclic) bond motifs is 5. The number of halogens is 3. The largest absolute Gasteiger partial charge is 0.523 e. The summed E-state index contributed by atoms with van der Waals surface area (Å²) >= 11 is 0. The number of ether oxygens (including phenoxy) is 1. The lowest BCUT2D eigenvalue weighted by Gasteiger charge is -2.50. The molecule has 2 aromatic rings. The van der Waals surface area contributed by atoms with Crippen molar-refractivity contribution in [2.24, 2.45) is 11.3 Å². The van der Waals surface area contributed by atoms with Gasteiger partial charge in [0.15, 0.2) is 11.5 Å². The van der Waals surface area contributed by atoms with Crippen LogP contribution in [0, 0.1) is 11.3 Å². The average molecular weight is 442 g/mol. The molecule has 0 spiro atoms. The number of aromatic hydroxyl groups is 2. The van der Waals surface area contributed by atoms with E-state index in [2.05, 4.69) is 18.6 Å². The van der Waals surface area contributed by atoms with Crippen molar-refractivity contribution >= 4 is 23.6 Å². The van der Waals surface area contributed by atoms with E-state index in [9.17, 15) is 33.4 Å². The standard InChI is InChI=1S/C21H26BF3O6/c1-19(2)7-4-8-20(3)13(19)6-5-12(31-21(23,24)25)18-14(20)10-9-11(26)16(27)15(22(28)29)17(10)30-18/h9,12-13,26-29H,4-8H2,1-3H3. The lowest BCUT2D eigenvalue weighted by Crippen LogP contribution is -2.44. The van der Waals surface area contributed by atoms with Gasteiger partial charge in [-0.3, -0.25) is 4.74 Å². The van der Waals surface area contributed by atoms with Gasteiger partial charge in [-0.1, -0.05) is 27.2 Å². The van der Waals surface area contributed by atoms with Gasteiger partial charge < -0.3 is 24.7 Å². The number of phenolic OH excluding ortho intramolecular Hbond substituents is 2. The van der Waals surface area contributed by atoms with Gasteiger partial charge in [0.2, 0.25) is 0 Å². The van der Waals surface area contributed by atoms with E-state index in [-0.39, 0.29) is 34.5 Å². The van der Waals surface area contributed by atoms with E-state index >= 15 is 0 Å². The van der Waals surface area contributed by atoms with Crippen molar-refractivity contribution in [1.29, 1.82) is 0 Å². The molecule has 1 fully saturated rings. The molecular weight excluding hydrogens is 416 g/mol. The Hall–Kier alpha value is -1.91. The molecule has 0 bridgehead atoms. The second-order valence-corrected chi connectivity index (χ2v) is 9.69. The molecule has 3 atom stereocenters. The molecule has 4 N–H and O–H groups in total. The van der Waals surface area contributed by atoms with E-state index in [1.807, 2.05) is 6.92 Å². The van der Waals surface area contributed by atoms with Crippen molar-refractivity contribution in [1.82, 2.24) is 0 Å². The lowest BCUT2D eigenvalue weighted by molar-refractivity contribution is -0.347. The van der Waals surface area contributed by atoms with E-state index in [1.165, 1.54) is 6.07 Å². The summed E-state index contributed by atoms with van der Waals surface area (Å²) in [5, 5.41) is 40.3. The summed E-state index contributed by atoms with van der Waals surface area (Å²) in [6, 6.07) is 1.22. The average Bonchev–Trinajstić information content (AvgIpc) is 2.93. The van der Waals surface area contributed by atoms with Gasteiger partial charge >= 0.3 is 13.5 Å². The third-order valence-electron chi connectivity index (χ3n) is 7.34. The molecule has 4 rings (SSSR count). The first-order chi connectivity index (χ1) is 14.3. The Bertz CT molecular complexity index is 1010. The topological polar surface area (TPSA) is 103 Å². The van der Waals surface area contributed by atoms with Crippen LogP contribution in [-0.4, -0.2) is 33.7 Å². The van der Waals surface area contributed by atoms with Crippen LogP contribution in [0.3, 0.4) is 0 Å². The summed E-state index contributed by atoms with van der Waals surface area (Å²) in [6.07, 6.45) is -3.27. The van der Waals surface area contributed by atoms with Gasteiger partial charge in [0.25, 0.3) is 0 Å². The summed E-state index contributed by atoms with van der Waals surface area (Å²) in [5.74, 6) is -1.42. The second kappa shape index (κ2) is 7.05. The van der Waals surface area contributed by atoms with Gasteiger partial charge in [0.1, 0.15) is 17.4 Å². The third-order valence-corrected chi connectivity index (χ3v) is 7.34. The number of benzene rings is 1. The Kier molecular flexibility index (Phi) is 5.07. The summed E-state index contributed by atoms with van der Waals surface area (Å²) in [5.41, 5.74) is -0.906. The van der Waals surface area contributed by atoms with Gasteiger partial charge in [-0.05, 0) is 48.5 Å². The molecule has 2 aliphatic rings. The predicted molar refractivity (Wildman–Crippen MR) is 107 cm³/mol. The molecule has 6 nitrogen and oxygen atoms in total. The third kappa shape index (κ3) is 3.48. The summed E-state index contributed by atoms with van der Waals surface area (Å²) < 4.78 is 50.0. The predicted octanol–water partition coefficient (Wildman–Crippen LogP) is 3.98. The Morgan fingerprint density at radius 2 is 1.81 bits per heavy atom. The number of hydrogen-bond donors (Lipinski definition) is 4. The maximum atomic E-state index is 13.3. The first kappa shape index (κ1) is 22.3. The number of furan rings is 1. The maximum absolute atomic E-state index is 13.3. The van der Waals surface area contributed by atoms with Crippen molar-refractivity contribution in [3.8, 4) is 11.5 Å². The minimum absolute atomic E-state index is 0.00794. The van der Waals surface area contributed by atoms with E-state index in [4.69, 9.17) is 4.42 Å². The zero-order valence-electron chi connectivity index (χ0n) is 17.6. The first-order valence-electron chi connectivity index (χ1n) is 10.4. The van der Waals surface area contributed by atoms with Crippen LogP contribution in [0.1, 0.15) is 70.3 Å². The van der Waals surface area contributed by atoms with Crippen LogP contribution in [0.25, 0.3) is 11.0 Å². The van der Waals surface area contributed by atoms with Gasteiger partial charge in [0, 0.05) is 10.9 Å². The van der Waals surface area contributed by atoms with Gasteiger partial charge in [-0.15, -0.1) is 13.2 Å². The fourth-order valence-electron chi connectivity index (χ4n) is 6.16. The number of phenols is 2. The fourth-order valence-corrected chi connectivity index (χ4v) is 6.16. The smallest absolute Gasteiger partial charge is 0.504 e. The molecule has 0 amide bonds. The van der Waals surface area contributed by atoms with Crippen molar-refractivity contribution in [2.45, 2.75) is 70.8 Å². The van der Waals surface area contributed by atoms with E-state index in [0.29, 0.717) is 18.4 Å². The highest BCUT2D eigenvalue weighted by atomic mass is 19.4. The second-order valence-electron chi connectivity index (χ2n) is 9.69. The molecule has 1 aromatic heterocycles. The van der Waals surface area contributed by atoms with E-state index in [0.717, 1.165) is 12.8 Å². The molecule has 3 unspecified atom stereocenters. The molecule has 0 aliphatic heterocycles. The summed E-state index contributed by atoms with van der Waals surface area (Å²) in [4.78, 5) is 0. The van der Waals surface area contributed by atoms with Crippen molar-refractivity contribution in [2.75, 3.05) is 0 Å². The van der Waals surface area contributed by atoms with Crippen LogP contribution >= 0.6 is 0 Å². The molecule has 170 valence electrons. The molecule has 0 radical (unpaired) electrons. The minimum atomic E-state index is -4.89. The number of alkyl halides is 3. The number of hydrogen-bond acceptors (Lipinski definition) is 6. The Labute approximate surface area is 177 Å². The molecule has 1 saturated carbocycles. The SMILES string of the molecule is CC1(C)CCCC2(C)c3c(oc4c(B(O)O)c(O)c(O)cc34)C(OC(F)(F)F)CCC12. The monoisotopic (exact) mass is 442 g/mol. The Morgan fingerprint density at radius 3 is 2.42 bits per heavy atom. The zero-order chi connectivity index (χ0) is 22.9. The van der Waals surface area contributed by atoms with Crippen LogP contribution in [0.5, 0.6) is 11.5 Å². The summed E-state index contributed by atoms with van der Waals surface area (Å²) in [6.45, 7) is 6.20. The normalized spacial score (nSPS) is 28.1. The quantitative estimate of drug-likeness (QED) is 0.415. The van der Waals surface area contributed by atoms with Crippen molar-refractivity contribution < 1.29 is 42.6 Å². The number of rotatable bonds is 2. The molecular formula is C21H26BF3O6. The highest BCUT2D eigenvalue weighted by Gasteiger charge is 2.53. The summed E-state index contributed by atoms with van der Waals surface area (Å²) in [7, 11) is -2.20. The Morgan fingerprint density at radius 1 is 1.13 bits per heavy atom. The van der Waals surface area contributed by atoms with Crippen LogP contribution < -0.4 is 5.46 Å². The molecule has 10 heteroatoms. The van der Waals surface area contributed by atoms with Gasteiger partial charge in [-0.2, -0.15) is 0 Å². The zero-order valence-corrected chi connectivity index (χ0v) is 17.6. The highest BCUT2D eigenvalue weighted by molar-refractivity contribution is 6.63.